The van der Waals surface area contributed by atoms with Crippen molar-refractivity contribution in [3.05, 3.63) is 58.5 Å². The third kappa shape index (κ3) is 6.21. The molecule has 0 saturated carbocycles. The number of ether oxygens (including phenoxy) is 1. The average molecular weight is 421 g/mol. The van der Waals surface area contributed by atoms with Gasteiger partial charge in [0.2, 0.25) is 5.91 Å². The zero-order chi connectivity index (χ0) is 18.9. The number of carbonyl (C=O) groups excluding carboxylic acids is 3. The van der Waals surface area contributed by atoms with Gasteiger partial charge in [0, 0.05) is 11.8 Å². The summed E-state index contributed by atoms with van der Waals surface area (Å²) in [6.45, 7) is 1.86. The Labute approximate surface area is 158 Å². The summed E-state index contributed by atoms with van der Waals surface area (Å²) in [6.07, 6.45) is 2.95. The fourth-order valence-corrected chi connectivity index (χ4v) is 2.23. The van der Waals surface area contributed by atoms with Gasteiger partial charge in [-0.15, -0.1) is 0 Å². The van der Waals surface area contributed by atoms with Crippen molar-refractivity contribution in [1.29, 1.82) is 0 Å². The normalized spacial score (nSPS) is 10.5. The molecule has 0 fully saturated rings. The first-order valence-corrected chi connectivity index (χ1v) is 8.55. The minimum Gasteiger partial charge on any atom is -0.463 e. The predicted octanol–water partition coefficient (Wildman–Crippen LogP) is 2.99. The standard InChI is InChI=1S/C18H17BrN2O5/c1-2-25-17(23)10-5-12-3-6-13(7-4-12)21-16(22)11-20-18(24)14-8-9-15(19)26-14/h3-10H,2,11H2,1H3,(H,20,24)(H,21,22)/b10-5+. The molecule has 136 valence electrons. The van der Waals surface area contributed by atoms with E-state index >= 15 is 0 Å². The van der Waals surface area contributed by atoms with Crippen LogP contribution in [0.3, 0.4) is 0 Å². The average Bonchev–Trinajstić information content (AvgIpc) is 3.06. The van der Waals surface area contributed by atoms with E-state index in [1.54, 1.807) is 43.3 Å². The molecule has 0 aliphatic rings. The lowest BCUT2D eigenvalue weighted by atomic mass is 10.2. The second kappa shape index (κ2) is 9.57. The van der Waals surface area contributed by atoms with Gasteiger partial charge in [-0.2, -0.15) is 0 Å². The molecule has 0 atom stereocenters. The third-order valence-electron chi connectivity index (χ3n) is 3.10. The van der Waals surface area contributed by atoms with Crippen LogP contribution in [-0.2, 0) is 14.3 Å². The lowest BCUT2D eigenvalue weighted by molar-refractivity contribution is -0.137. The van der Waals surface area contributed by atoms with E-state index in [-0.39, 0.29) is 18.2 Å². The molecule has 0 bridgehead atoms. The topological polar surface area (TPSA) is 97.6 Å². The van der Waals surface area contributed by atoms with Crippen molar-refractivity contribution >= 4 is 45.5 Å². The van der Waals surface area contributed by atoms with Crippen molar-refractivity contribution in [3.63, 3.8) is 0 Å². The van der Waals surface area contributed by atoms with Crippen molar-refractivity contribution in [1.82, 2.24) is 5.32 Å². The second-order valence-corrected chi connectivity index (χ2v) is 5.82. The van der Waals surface area contributed by atoms with Gasteiger partial charge in [-0.05, 0) is 58.8 Å². The Hall–Kier alpha value is -2.87. The maximum absolute atomic E-state index is 11.9. The number of hydrogen-bond donors (Lipinski definition) is 2. The van der Waals surface area contributed by atoms with E-state index < -0.39 is 11.9 Å². The minimum atomic E-state index is -0.481. The summed E-state index contributed by atoms with van der Waals surface area (Å²) in [4.78, 5) is 34.9. The summed E-state index contributed by atoms with van der Waals surface area (Å²) in [5, 5.41) is 5.12. The molecule has 2 rings (SSSR count). The zero-order valence-electron chi connectivity index (χ0n) is 14.0. The number of halogens is 1. The van der Waals surface area contributed by atoms with Crippen molar-refractivity contribution in [2.45, 2.75) is 6.92 Å². The molecule has 0 aliphatic carbocycles. The van der Waals surface area contributed by atoms with E-state index in [9.17, 15) is 14.4 Å². The lowest BCUT2D eigenvalue weighted by Gasteiger charge is -2.06. The Morgan fingerprint density at radius 1 is 1.15 bits per heavy atom. The molecule has 2 aromatic rings. The Kier molecular flexibility index (Phi) is 7.16. The van der Waals surface area contributed by atoms with Crippen LogP contribution in [-0.4, -0.2) is 30.9 Å². The number of rotatable bonds is 7. The maximum atomic E-state index is 11.9. The van der Waals surface area contributed by atoms with Crippen LogP contribution in [0.25, 0.3) is 6.08 Å². The van der Waals surface area contributed by atoms with Crippen LogP contribution in [0.5, 0.6) is 0 Å². The molecule has 2 amide bonds. The summed E-state index contributed by atoms with van der Waals surface area (Å²) >= 11 is 3.10. The van der Waals surface area contributed by atoms with Crippen LogP contribution < -0.4 is 10.6 Å². The fourth-order valence-electron chi connectivity index (χ4n) is 1.92. The van der Waals surface area contributed by atoms with E-state index in [2.05, 4.69) is 26.6 Å². The van der Waals surface area contributed by atoms with Crippen LogP contribution in [0.4, 0.5) is 5.69 Å². The molecule has 0 unspecified atom stereocenters. The Balaban J connectivity index is 1.81. The zero-order valence-corrected chi connectivity index (χ0v) is 15.5. The highest BCUT2D eigenvalue weighted by atomic mass is 79.9. The Bertz CT molecular complexity index is 811. The molecule has 8 heteroatoms. The number of hydrogen-bond acceptors (Lipinski definition) is 5. The first-order chi connectivity index (χ1) is 12.5. The van der Waals surface area contributed by atoms with Crippen LogP contribution in [0.2, 0.25) is 0 Å². The molecule has 0 aliphatic heterocycles. The fraction of sp³-hybridized carbons (Fsp3) is 0.167. The maximum Gasteiger partial charge on any atom is 0.330 e. The largest absolute Gasteiger partial charge is 0.463 e. The van der Waals surface area contributed by atoms with Crippen LogP contribution in [0, 0.1) is 0 Å². The van der Waals surface area contributed by atoms with Crippen LogP contribution in [0.1, 0.15) is 23.0 Å². The minimum absolute atomic E-state index is 0.113. The molecular weight excluding hydrogens is 404 g/mol. The molecule has 0 radical (unpaired) electrons. The Morgan fingerprint density at radius 2 is 1.88 bits per heavy atom. The lowest BCUT2D eigenvalue weighted by Crippen LogP contribution is -2.32. The van der Waals surface area contributed by atoms with E-state index in [1.165, 1.54) is 12.1 Å². The second-order valence-electron chi connectivity index (χ2n) is 5.04. The molecule has 1 aromatic heterocycles. The van der Waals surface area contributed by atoms with Gasteiger partial charge in [0.15, 0.2) is 10.4 Å². The molecule has 1 aromatic carbocycles. The highest BCUT2D eigenvalue weighted by Crippen LogP contribution is 2.14. The number of esters is 1. The molecular formula is C18H17BrN2O5. The molecule has 26 heavy (non-hydrogen) atoms. The van der Waals surface area contributed by atoms with E-state index in [0.717, 1.165) is 5.56 Å². The third-order valence-corrected chi connectivity index (χ3v) is 3.53. The van der Waals surface area contributed by atoms with Crippen molar-refractivity contribution in [3.8, 4) is 0 Å². The molecule has 7 nitrogen and oxygen atoms in total. The smallest absolute Gasteiger partial charge is 0.330 e. The molecule has 0 spiro atoms. The van der Waals surface area contributed by atoms with Gasteiger partial charge in [0.1, 0.15) is 0 Å². The van der Waals surface area contributed by atoms with Crippen molar-refractivity contribution < 1.29 is 23.5 Å². The summed E-state index contributed by atoms with van der Waals surface area (Å²) in [7, 11) is 0. The van der Waals surface area contributed by atoms with E-state index in [4.69, 9.17) is 9.15 Å². The van der Waals surface area contributed by atoms with Gasteiger partial charge >= 0.3 is 5.97 Å². The van der Waals surface area contributed by atoms with E-state index in [0.29, 0.717) is 17.0 Å². The predicted molar refractivity (Wildman–Crippen MR) is 99.5 cm³/mol. The summed E-state index contributed by atoms with van der Waals surface area (Å²) in [5.41, 5.74) is 1.35. The number of amides is 2. The number of furan rings is 1. The first-order valence-electron chi connectivity index (χ1n) is 7.76. The van der Waals surface area contributed by atoms with Gasteiger partial charge < -0.3 is 19.8 Å². The highest BCUT2D eigenvalue weighted by Gasteiger charge is 2.11. The van der Waals surface area contributed by atoms with Crippen molar-refractivity contribution in [2.24, 2.45) is 0 Å². The van der Waals surface area contributed by atoms with Crippen molar-refractivity contribution in [2.75, 3.05) is 18.5 Å². The number of benzene rings is 1. The van der Waals surface area contributed by atoms with Gasteiger partial charge in [0.05, 0.1) is 13.2 Å². The van der Waals surface area contributed by atoms with Crippen LogP contribution in [0.15, 0.2) is 51.6 Å². The summed E-state index contributed by atoms with van der Waals surface area (Å²) < 4.78 is 10.3. The van der Waals surface area contributed by atoms with Gasteiger partial charge in [-0.3, -0.25) is 9.59 Å². The number of carbonyl (C=O) groups is 3. The van der Waals surface area contributed by atoms with Crippen LogP contribution >= 0.6 is 15.9 Å². The number of anilines is 1. The van der Waals surface area contributed by atoms with E-state index in [1.807, 2.05) is 0 Å². The Morgan fingerprint density at radius 3 is 2.50 bits per heavy atom. The first kappa shape index (κ1) is 19.5. The SMILES string of the molecule is CCOC(=O)/C=C/c1ccc(NC(=O)CNC(=O)c2ccc(Br)o2)cc1. The summed E-state index contributed by atoms with van der Waals surface area (Å²) in [6, 6.07) is 9.95. The quantitative estimate of drug-likeness (QED) is 0.529. The highest BCUT2D eigenvalue weighted by molar-refractivity contribution is 9.10. The summed E-state index contributed by atoms with van der Waals surface area (Å²) in [5.74, 6) is -1.16. The molecule has 1 heterocycles. The van der Waals surface area contributed by atoms with Gasteiger partial charge in [-0.1, -0.05) is 12.1 Å². The van der Waals surface area contributed by atoms with Gasteiger partial charge in [-0.25, -0.2) is 4.79 Å². The molecule has 0 saturated heterocycles. The monoisotopic (exact) mass is 420 g/mol. The van der Waals surface area contributed by atoms with Gasteiger partial charge in [0.25, 0.3) is 5.91 Å². The number of nitrogens with one attached hydrogen (secondary N) is 2. The molecule has 2 N–H and O–H groups in total.